The van der Waals surface area contributed by atoms with Crippen LogP contribution in [0, 0.1) is 0 Å². The summed E-state index contributed by atoms with van der Waals surface area (Å²) in [6.07, 6.45) is 3.83. The van der Waals surface area contributed by atoms with E-state index >= 15 is 0 Å². The molecule has 1 aliphatic heterocycles. The number of hydrogen-bond donors (Lipinski definition) is 0. The Morgan fingerprint density at radius 3 is 2.84 bits per heavy atom. The topological polar surface area (TPSA) is 42.4 Å². The molecule has 0 spiro atoms. The van der Waals surface area contributed by atoms with Crippen molar-refractivity contribution >= 4 is 5.91 Å². The van der Waals surface area contributed by atoms with Crippen LogP contribution >= 0.6 is 0 Å². The van der Waals surface area contributed by atoms with Gasteiger partial charge in [0.05, 0.1) is 0 Å². The number of rotatable bonds is 6. The number of hydrogen-bond acceptors (Lipinski definition) is 3. The third-order valence-electron chi connectivity index (χ3n) is 5.06. The van der Waals surface area contributed by atoms with Crippen molar-refractivity contribution < 1.29 is 9.53 Å². The molecule has 1 aromatic heterocycles. The van der Waals surface area contributed by atoms with E-state index in [1.807, 2.05) is 47.5 Å². The minimum absolute atomic E-state index is 0.0531. The van der Waals surface area contributed by atoms with Gasteiger partial charge in [-0.15, -0.1) is 0 Å². The van der Waals surface area contributed by atoms with Gasteiger partial charge in [0.25, 0.3) is 5.91 Å². The summed E-state index contributed by atoms with van der Waals surface area (Å²) >= 11 is 0. The minimum atomic E-state index is 0.0531. The van der Waals surface area contributed by atoms with E-state index in [0.717, 1.165) is 37.4 Å². The van der Waals surface area contributed by atoms with Crippen LogP contribution in [0.15, 0.2) is 48.7 Å². The highest BCUT2D eigenvalue weighted by molar-refractivity contribution is 5.78. The zero-order valence-corrected chi connectivity index (χ0v) is 15.0. The number of para-hydroxylation sites is 1. The highest BCUT2D eigenvalue weighted by Crippen LogP contribution is 2.29. The van der Waals surface area contributed by atoms with Gasteiger partial charge in [-0.05, 0) is 42.5 Å². The molecule has 0 unspecified atom stereocenters. The lowest BCUT2D eigenvalue weighted by atomic mass is 9.98. The van der Waals surface area contributed by atoms with Gasteiger partial charge < -0.3 is 9.64 Å². The van der Waals surface area contributed by atoms with Crippen molar-refractivity contribution in [3.63, 3.8) is 0 Å². The van der Waals surface area contributed by atoms with Crippen molar-refractivity contribution in [3.8, 4) is 5.75 Å². The van der Waals surface area contributed by atoms with E-state index in [4.69, 9.17) is 4.74 Å². The van der Waals surface area contributed by atoms with Crippen LogP contribution in [-0.2, 0) is 4.79 Å². The Bertz CT molecular complexity index is 702. The molecular weight excluding hydrogens is 312 g/mol. The highest BCUT2D eigenvalue weighted by Gasteiger charge is 2.28. The van der Waals surface area contributed by atoms with E-state index in [1.54, 1.807) is 0 Å². The van der Waals surface area contributed by atoms with Crippen molar-refractivity contribution in [3.05, 3.63) is 59.9 Å². The zero-order chi connectivity index (χ0) is 17.6. The van der Waals surface area contributed by atoms with E-state index in [0.29, 0.717) is 11.8 Å². The molecule has 25 heavy (non-hydrogen) atoms. The Balaban J connectivity index is 1.57. The first-order chi connectivity index (χ1) is 12.2. The number of benzene rings is 1. The van der Waals surface area contributed by atoms with Gasteiger partial charge in [-0.1, -0.05) is 38.1 Å². The number of pyridine rings is 1. The molecule has 0 aliphatic carbocycles. The molecule has 132 valence electrons. The molecule has 1 fully saturated rings. The second-order valence-electron chi connectivity index (χ2n) is 6.72. The molecule has 0 radical (unpaired) electrons. The fraction of sp³-hybridized carbons (Fsp3) is 0.429. The SMILES string of the molecule is CC[C@H](C)c1ccccc1OCC(=O)N1CC[C@H](c2ccccn2)C1. The molecule has 3 rings (SSSR count). The lowest BCUT2D eigenvalue weighted by Crippen LogP contribution is -2.33. The first kappa shape index (κ1) is 17.5. The molecule has 0 N–H and O–H groups in total. The Labute approximate surface area is 149 Å². The number of carbonyl (C=O) groups excluding carboxylic acids is 1. The first-order valence-corrected chi connectivity index (χ1v) is 9.09. The minimum Gasteiger partial charge on any atom is -0.483 e. The Morgan fingerprint density at radius 2 is 2.08 bits per heavy atom. The van der Waals surface area contributed by atoms with Gasteiger partial charge in [0, 0.05) is 30.9 Å². The van der Waals surface area contributed by atoms with Crippen LogP contribution in [0.5, 0.6) is 5.75 Å². The van der Waals surface area contributed by atoms with Crippen LogP contribution in [0.4, 0.5) is 0 Å². The molecule has 1 saturated heterocycles. The van der Waals surface area contributed by atoms with Crippen LogP contribution < -0.4 is 4.74 Å². The van der Waals surface area contributed by atoms with Crippen molar-refractivity contribution in [2.75, 3.05) is 19.7 Å². The van der Waals surface area contributed by atoms with Crippen LogP contribution in [0.1, 0.15) is 49.8 Å². The Kier molecular flexibility index (Phi) is 5.69. The summed E-state index contributed by atoms with van der Waals surface area (Å²) in [6, 6.07) is 14.0. The summed E-state index contributed by atoms with van der Waals surface area (Å²) < 4.78 is 5.87. The smallest absolute Gasteiger partial charge is 0.260 e. The second kappa shape index (κ2) is 8.15. The Morgan fingerprint density at radius 1 is 1.28 bits per heavy atom. The predicted octanol–water partition coefficient (Wildman–Crippen LogP) is 3.99. The number of carbonyl (C=O) groups is 1. The van der Waals surface area contributed by atoms with E-state index in [2.05, 4.69) is 24.9 Å². The summed E-state index contributed by atoms with van der Waals surface area (Å²) in [4.78, 5) is 18.8. The van der Waals surface area contributed by atoms with Crippen molar-refractivity contribution in [2.45, 2.75) is 38.5 Å². The third kappa shape index (κ3) is 4.19. The molecule has 0 bridgehead atoms. The summed E-state index contributed by atoms with van der Waals surface area (Å²) in [6.45, 7) is 5.95. The summed E-state index contributed by atoms with van der Waals surface area (Å²) in [5.74, 6) is 1.63. The molecule has 4 nitrogen and oxygen atoms in total. The fourth-order valence-corrected chi connectivity index (χ4v) is 3.32. The van der Waals surface area contributed by atoms with E-state index in [9.17, 15) is 4.79 Å². The van der Waals surface area contributed by atoms with Crippen molar-refractivity contribution in [1.29, 1.82) is 0 Å². The van der Waals surface area contributed by atoms with Crippen LogP contribution in [-0.4, -0.2) is 35.5 Å². The summed E-state index contributed by atoms with van der Waals surface area (Å²) in [5.41, 5.74) is 2.24. The average molecular weight is 338 g/mol. The van der Waals surface area contributed by atoms with E-state index in [-0.39, 0.29) is 12.5 Å². The number of nitrogens with zero attached hydrogens (tertiary/aromatic N) is 2. The maximum atomic E-state index is 12.5. The van der Waals surface area contributed by atoms with Gasteiger partial charge in [-0.3, -0.25) is 9.78 Å². The van der Waals surface area contributed by atoms with Gasteiger partial charge >= 0.3 is 0 Å². The Hall–Kier alpha value is -2.36. The van der Waals surface area contributed by atoms with Gasteiger partial charge in [0.2, 0.25) is 0 Å². The maximum absolute atomic E-state index is 12.5. The monoisotopic (exact) mass is 338 g/mol. The largest absolute Gasteiger partial charge is 0.483 e. The average Bonchev–Trinajstić information content (AvgIpc) is 3.17. The number of aromatic nitrogens is 1. The molecule has 1 aromatic carbocycles. The summed E-state index contributed by atoms with van der Waals surface area (Å²) in [7, 11) is 0. The lowest BCUT2D eigenvalue weighted by Gasteiger charge is -2.19. The maximum Gasteiger partial charge on any atom is 0.260 e. The fourth-order valence-electron chi connectivity index (χ4n) is 3.32. The molecule has 1 amide bonds. The number of amides is 1. The van der Waals surface area contributed by atoms with Crippen molar-refractivity contribution in [2.24, 2.45) is 0 Å². The predicted molar refractivity (Wildman–Crippen MR) is 98.8 cm³/mol. The van der Waals surface area contributed by atoms with Crippen LogP contribution in [0.3, 0.4) is 0 Å². The normalized spacial score (nSPS) is 18.2. The molecule has 0 saturated carbocycles. The highest BCUT2D eigenvalue weighted by atomic mass is 16.5. The quantitative estimate of drug-likeness (QED) is 0.800. The first-order valence-electron chi connectivity index (χ1n) is 9.09. The molecule has 2 atom stereocenters. The van der Waals surface area contributed by atoms with E-state index < -0.39 is 0 Å². The number of likely N-dealkylation sites (tertiary alicyclic amines) is 1. The van der Waals surface area contributed by atoms with Gasteiger partial charge in [0.15, 0.2) is 6.61 Å². The van der Waals surface area contributed by atoms with Gasteiger partial charge in [-0.25, -0.2) is 0 Å². The van der Waals surface area contributed by atoms with Gasteiger partial charge in [-0.2, -0.15) is 0 Å². The molecular formula is C21H26N2O2. The van der Waals surface area contributed by atoms with Crippen molar-refractivity contribution in [1.82, 2.24) is 9.88 Å². The molecule has 4 heteroatoms. The van der Waals surface area contributed by atoms with Crippen LogP contribution in [0.2, 0.25) is 0 Å². The molecule has 2 aromatic rings. The summed E-state index contributed by atoms with van der Waals surface area (Å²) in [5, 5.41) is 0. The van der Waals surface area contributed by atoms with Crippen LogP contribution in [0.25, 0.3) is 0 Å². The number of ether oxygens (including phenoxy) is 1. The molecule has 1 aliphatic rings. The van der Waals surface area contributed by atoms with Gasteiger partial charge in [0.1, 0.15) is 5.75 Å². The van der Waals surface area contributed by atoms with E-state index in [1.165, 1.54) is 5.56 Å². The zero-order valence-electron chi connectivity index (χ0n) is 15.0. The second-order valence-corrected chi connectivity index (χ2v) is 6.72. The third-order valence-corrected chi connectivity index (χ3v) is 5.06. The molecule has 2 heterocycles. The standard InChI is InChI=1S/C21H26N2O2/c1-3-16(2)18-8-4-5-10-20(18)25-15-21(24)23-13-11-17(14-23)19-9-6-7-12-22-19/h4-10,12,16-17H,3,11,13-15H2,1-2H3/t16-,17-/m0/s1. The lowest BCUT2D eigenvalue weighted by molar-refractivity contribution is -0.132.